The third-order valence-electron chi connectivity index (χ3n) is 1.48. The molecular formula is C8H8BrNO2S. The number of pyridine rings is 1. The topological polar surface area (TPSA) is 50.2 Å². The van der Waals surface area contributed by atoms with E-state index in [0.29, 0.717) is 6.42 Å². The predicted octanol–water partition coefficient (Wildman–Crippen LogP) is 1.77. The van der Waals surface area contributed by atoms with E-state index in [0.717, 1.165) is 10.2 Å². The van der Waals surface area contributed by atoms with Gasteiger partial charge in [0, 0.05) is 22.8 Å². The maximum atomic E-state index is 10.5. The lowest BCUT2D eigenvalue weighted by molar-refractivity contribution is -0.136. The van der Waals surface area contributed by atoms with Crippen LogP contribution in [-0.2, 0) is 11.2 Å². The number of rotatable bonds is 3. The number of hydrogen-bond acceptors (Lipinski definition) is 3. The van der Waals surface area contributed by atoms with Crippen LogP contribution >= 0.6 is 28.6 Å². The van der Waals surface area contributed by atoms with Crippen LogP contribution in [0.5, 0.6) is 0 Å². The molecule has 0 aliphatic carbocycles. The van der Waals surface area contributed by atoms with Gasteiger partial charge in [0.05, 0.1) is 0 Å². The summed E-state index contributed by atoms with van der Waals surface area (Å²) in [5.74, 6) is -0.923. The number of hydrogen-bond donors (Lipinski definition) is 2. The summed E-state index contributed by atoms with van der Waals surface area (Å²) in [5.41, 5.74) is 0.727. The highest BCUT2D eigenvalue weighted by Gasteiger charge is 2.12. The van der Waals surface area contributed by atoms with E-state index in [-0.39, 0.29) is 0 Å². The van der Waals surface area contributed by atoms with Gasteiger partial charge in [-0.05, 0) is 28.1 Å². The minimum absolute atomic E-state index is 0.339. The summed E-state index contributed by atoms with van der Waals surface area (Å²) in [4.78, 5) is 14.5. The molecule has 0 bridgehead atoms. The SMILES string of the molecule is O=C(O)C(S)Cc1ccc(Br)cn1. The summed E-state index contributed by atoms with van der Waals surface area (Å²) in [5, 5.41) is 7.90. The second kappa shape index (κ2) is 4.62. The van der Waals surface area contributed by atoms with Crippen LogP contribution in [0.2, 0.25) is 0 Å². The molecule has 1 aromatic rings. The molecule has 0 spiro atoms. The number of nitrogens with zero attached hydrogens (tertiary/aromatic N) is 1. The highest BCUT2D eigenvalue weighted by atomic mass is 79.9. The third kappa shape index (κ3) is 3.36. The van der Waals surface area contributed by atoms with Crippen LogP contribution in [0.1, 0.15) is 5.69 Å². The van der Waals surface area contributed by atoms with E-state index >= 15 is 0 Å². The molecule has 0 saturated heterocycles. The Morgan fingerprint density at radius 3 is 2.85 bits per heavy atom. The highest BCUT2D eigenvalue weighted by molar-refractivity contribution is 9.10. The number of halogens is 1. The van der Waals surface area contributed by atoms with Crippen molar-refractivity contribution in [2.45, 2.75) is 11.7 Å². The van der Waals surface area contributed by atoms with Gasteiger partial charge in [-0.25, -0.2) is 0 Å². The Morgan fingerprint density at radius 1 is 1.69 bits per heavy atom. The zero-order chi connectivity index (χ0) is 9.84. The summed E-state index contributed by atoms with van der Waals surface area (Å²) in [7, 11) is 0. The highest BCUT2D eigenvalue weighted by Crippen LogP contribution is 2.10. The van der Waals surface area contributed by atoms with Crippen molar-refractivity contribution in [1.82, 2.24) is 4.98 Å². The minimum Gasteiger partial charge on any atom is -0.480 e. The molecule has 0 amide bonds. The fraction of sp³-hybridized carbons (Fsp3) is 0.250. The molecule has 0 aliphatic rings. The smallest absolute Gasteiger partial charge is 0.316 e. The third-order valence-corrected chi connectivity index (χ3v) is 2.35. The molecule has 5 heteroatoms. The lowest BCUT2D eigenvalue weighted by Gasteiger charge is -2.03. The van der Waals surface area contributed by atoms with Crippen LogP contribution in [0, 0.1) is 0 Å². The normalized spacial score (nSPS) is 12.5. The first-order valence-electron chi connectivity index (χ1n) is 3.61. The van der Waals surface area contributed by atoms with Crippen molar-refractivity contribution in [2.75, 3.05) is 0 Å². The first-order chi connectivity index (χ1) is 6.09. The number of carbonyl (C=O) groups is 1. The van der Waals surface area contributed by atoms with Crippen molar-refractivity contribution in [2.24, 2.45) is 0 Å². The molecule has 1 unspecified atom stereocenters. The molecule has 0 radical (unpaired) electrons. The number of carboxylic acid groups (broad SMARTS) is 1. The Balaban J connectivity index is 2.64. The molecule has 1 heterocycles. The quantitative estimate of drug-likeness (QED) is 0.816. The average molecular weight is 262 g/mol. The van der Waals surface area contributed by atoms with E-state index in [1.54, 1.807) is 12.3 Å². The van der Waals surface area contributed by atoms with Gasteiger partial charge in [-0.3, -0.25) is 9.78 Å². The zero-order valence-electron chi connectivity index (χ0n) is 6.64. The van der Waals surface area contributed by atoms with Gasteiger partial charge in [0.25, 0.3) is 0 Å². The van der Waals surface area contributed by atoms with Gasteiger partial charge in [-0.2, -0.15) is 12.6 Å². The Kier molecular flexibility index (Phi) is 3.74. The van der Waals surface area contributed by atoms with Gasteiger partial charge in [0.2, 0.25) is 0 Å². The van der Waals surface area contributed by atoms with Crippen LogP contribution < -0.4 is 0 Å². The van der Waals surface area contributed by atoms with Crippen LogP contribution in [0.4, 0.5) is 0 Å². The molecule has 0 fully saturated rings. The summed E-state index contributed by atoms with van der Waals surface area (Å²) < 4.78 is 0.877. The summed E-state index contributed by atoms with van der Waals surface area (Å²) in [6.07, 6.45) is 1.98. The van der Waals surface area contributed by atoms with Gasteiger partial charge >= 0.3 is 5.97 Å². The Hall–Kier alpha value is -0.550. The minimum atomic E-state index is -0.923. The molecule has 1 aromatic heterocycles. The van der Waals surface area contributed by atoms with E-state index in [1.165, 1.54) is 0 Å². The van der Waals surface area contributed by atoms with Crippen LogP contribution in [0.3, 0.4) is 0 Å². The van der Waals surface area contributed by atoms with Crippen LogP contribution in [0.15, 0.2) is 22.8 Å². The van der Waals surface area contributed by atoms with Gasteiger partial charge < -0.3 is 5.11 Å². The molecule has 13 heavy (non-hydrogen) atoms. The van der Waals surface area contributed by atoms with Gasteiger partial charge in [0.1, 0.15) is 5.25 Å². The number of aromatic nitrogens is 1. The van der Waals surface area contributed by atoms with Crippen molar-refractivity contribution in [3.8, 4) is 0 Å². The van der Waals surface area contributed by atoms with E-state index in [2.05, 4.69) is 33.5 Å². The van der Waals surface area contributed by atoms with Crippen LogP contribution in [0.25, 0.3) is 0 Å². The van der Waals surface area contributed by atoms with Gasteiger partial charge in [0.15, 0.2) is 0 Å². The van der Waals surface area contributed by atoms with E-state index in [4.69, 9.17) is 5.11 Å². The summed E-state index contributed by atoms with van der Waals surface area (Å²) in [6, 6.07) is 3.60. The molecule has 0 aliphatic heterocycles. The van der Waals surface area contributed by atoms with Gasteiger partial charge in [-0.15, -0.1) is 0 Å². The molecule has 0 aromatic carbocycles. The Bertz CT molecular complexity index is 302. The van der Waals surface area contributed by atoms with Crippen molar-refractivity contribution in [1.29, 1.82) is 0 Å². The Labute approximate surface area is 89.7 Å². The zero-order valence-corrected chi connectivity index (χ0v) is 9.12. The van der Waals surface area contributed by atoms with Crippen molar-refractivity contribution < 1.29 is 9.90 Å². The lowest BCUT2D eigenvalue weighted by Crippen LogP contribution is -2.16. The standard InChI is InChI=1S/C8H8BrNO2S/c9-5-1-2-6(10-4-5)3-7(13)8(11)12/h1-2,4,7,13H,3H2,(H,11,12). The van der Waals surface area contributed by atoms with Crippen molar-refractivity contribution >= 4 is 34.5 Å². The first kappa shape index (κ1) is 10.5. The summed E-state index contributed by atoms with van der Waals surface area (Å²) >= 11 is 7.15. The maximum Gasteiger partial charge on any atom is 0.316 e. The van der Waals surface area contributed by atoms with Gasteiger partial charge in [-0.1, -0.05) is 0 Å². The fourth-order valence-corrected chi connectivity index (χ4v) is 1.23. The van der Waals surface area contributed by atoms with E-state index in [1.807, 2.05) is 6.07 Å². The molecule has 1 N–H and O–H groups in total. The largest absolute Gasteiger partial charge is 0.480 e. The molecular weight excluding hydrogens is 254 g/mol. The average Bonchev–Trinajstić information content (AvgIpc) is 2.08. The fourth-order valence-electron chi connectivity index (χ4n) is 0.813. The monoisotopic (exact) mass is 261 g/mol. The number of carboxylic acids is 1. The second-order valence-electron chi connectivity index (χ2n) is 2.53. The molecule has 1 atom stereocenters. The second-order valence-corrected chi connectivity index (χ2v) is 4.06. The Morgan fingerprint density at radius 2 is 2.38 bits per heavy atom. The molecule has 3 nitrogen and oxygen atoms in total. The summed E-state index contributed by atoms with van der Waals surface area (Å²) in [6.45, 7) is 0. The predicted molar refractivity (Wildman–Crippen MR) is 56.1 cm³/mol. The molecule has 0 saturated carbocycles. The molecule has 1 rings (SSSR count). The van der Waals surface area contributed by atoms with E-state index < -0.39 is 11.2 Å². The maximum absolute atomic E-state index is 10.5. The van der Waals surface area contributed by atoms with Crippen molar-refractivity contribution in [3.63, 3.8) is 0 Å². The first-order valence-corrected chi connectivity index (χ1v) is 4.92. The molecule has 70 valence electrons. The van der Waals surface area contributed by atoms with Crippen LogP contribution in [-0.4, -0.2) is 21.3 Å². The lowest BCUT2D eigenvalue weighted by atomic mass is 10.2. The van der Waals surface area contributed by atoms with Crippen molar-refractivity contribution in [3.05, 3.63) is 28.5 Å². The number of aliphatic carboxylic acids is 1. The van der Waals surface area contributed by atoms with E-state index in [9.17, 15) is 4.79 Å². The number of thiol groups is 1.